The summed E-state index contributed by atoms with van der Waals surface area (Å²) in [6.45, 7) is 1.52. The van der Waals surface area contributed by atoms with Gasteiger partial charge in [-0.3, -0.25) is 9.59 Å². The first kappa shape index (κ1) is 17.4. The summed E-state index contributed by atoms with van der Waals surface area (Å²) in [6.07, 6.45) is 1.58. The van der Waals surface area contributed by atoms with Crippen LogP contribution in [0.15, 0.2) is 65.2 Å². The molecule has 26 heavy (non-hydrogen) atoms. The molecule has 0 atom stereocenters. The van der Waals surface area contributed by atoms with Crippen LogP contribution >= 0.6 is 0 Å². The molecule has 3 rings (SSSR count). The number of ether oxygens (including phenoxy) is 1. The molecule has 6 heteroatoms. The smallest absolute Gasteiger partial charge is 0.325 e. The molecule has 0 fully saturated rings. The van der Waals surface area contributed by atoms with Crippen LogP contribution in [0.25, 0.3) is 11.3 Å². The number of hydrogen-bond acceptors (Lipinski definition) is 5. The quantitative estimate of drug-likeness (QED) is 0.691. The standard InChI is InChI=1S/C20H18N2O4/c1-14-7-5-6-10-16(14)20(24)22-12-19(23)25-13-18-21-11-17(26-18)15-8-3-2-4-9-15/h2-11H,12-13H2,1H3,(H,22,24). The molecule has 1 N–H and O–H groups in total. The van der Waals surface area contributed by atoms with Gasteiger partial charge in [-0.05, 0) is 18.6 Å². The van der Waals surface area contributed by atoms with E-state index in [-0.39, 0.29) is 19.1 Å². The highest BCUT2D eigenvalue weighted by Crippen LogP contribution is 2.19. The number of carbonyl (C=O) groups is 2. The molecule has 0 saturated carbocycles. The summed E-state index contributed by atoms with van der Waals surface area (Å²) in [5.74, 6) is 0.0147. The van der Waals surface area contributed by atoms with Crippen LogP contribution in [0.3, 0.4) is 0 Å². The average Bonchev–Trinajstić information content (AvgIpc) is 3.14. The van der Waals surface area contributed by atoms with Gasteiger partial charge in [-0.2, -0.15) is 0 Å². The fraction of sp³-hybridized carbons (Fsp3) is 0.150. The molecular weight excluding hydrogens is 332 g/mol. The predicted octanol–water partition coefficient (Wildman–Crippen LogP) is 3.12. The van der Waals surface area contributed by atoms with Crippen LogP contribution in [-0.4, -0.2) is 23.4 Å². The first-order chi connectivity index (χ1) is 12.6. The Morgan fingerprint density at radius 1 is 1.08 bits per heavy atom. The van der Waals surface area contributed by atoms with Gasteiger partial charge in [-0.1, -0.05) is 48.5 Å². The van der Waals surface area contributed by atoms with E-state index in [1.165, 1.54) is 0 Å². The number of oxazole rings is 1. The zero-order valence-electron chi connectivity index (χ0n) is 14.3. The van der Waals surface area contributed by atoms with Gasteiger partial charge >= 0.3 is 5.97 Å². The topological polar surface area (TPSA) is 81.4 Å². The molecule has 1 heterocycles. The molecule has 1 amide bonds. The Balaban J connectivity index is 1.48. The SMILES string of the molecule is Cc1ccccc1C(=O)NCC(=O)OCc1ncc(-c2ccccc2)o1. The number of hydrogen-bond donors (Lipinski definition) is 1. The van der Waals surface area contributed by atoms with E-state index in [9.17, 15) is 9.59 Å². The largest absolute Gasteiger partial charge is 0.454 e. The number of amides is 1. The van der Waals surface area contributed by atoms with Gasteiger partial charge in [0.05, 0.1) is 6.20 Å². The molecule has 2 aromatic carbocycles. The maximum atomic E-state index is 12.1. The van der Waals surface area contributed by atoms with Crippen molar-refractivity contribution >= 4 is 11.9 Å². The van der Waals surface area contributed by atoms with Crippen LogP contribution in [0, 0.1) is 6.92 Å². The average molecular weight is 350 g/mol. The lowest BCUT2D eigenvalue weighted by Gasteiger charge is -2.07. The van der Waals surface area contributed by atoms with Crippen molar-refractivity contribution in [2.45, 2.75) is 13.5 Å². The number of nitrogens with zero attached hydrogens (tertiary/aromatic N) is 1. The molecular formula is C20H18N2O4. The van der Waals surface area contributed by atoms with Crippen molar-refractivity contribution in [3.8, 4) is 11.3 Å². The molecule has 0 radical (unpaired) electrons. The molecule has 0 aliphatic rings. The monoisotopic (exact) mass is 350 g/mol. The van der Waals surface area contributed by atoms with Crippen molar-refractivity contribution in [3.63, 3.8) is 0 Å². The first-order valence-electron chi connectivity index (χ1n) is 8.13. The van der Waals surface area contributed by atoms with Crippen LogP contribution in [0.2, 0.25) is 0 Å². The molecule has 0 saturated heterocycles. The van der Waals surface area contributed by atoms with E-state index in [1.807, 2.05) is 49.4 Å². The zero-order chi connectivity index (χ0) is 18.4. The van der Waals surface area contributed by atoms with E-state index < -0.39 is 5.97 Å². The second kappa shape index (κ2) is 8.11. The van der Waals surface area contributed by atoms with Gasteiger partial charge in [0.25, 0.3) is 5.91 Å². The number of rotatable bonds is 6. The highest BCUT2D eigenvalue weighted by Gasteiger charge is 2.12. The van der Waals surface area contributed by atoms with Gasteiger partial charge in [0.15, 0.2) is 12.4 Å². The van der Waals surface area contributed by atoms with Crippen molar-refractivity contribution in [3.05, 3.63) is 77.8 Å². The number of aromatic nitrogens is 1. The zero-order valence-corrected chi connectivity index (χ0v) is 14.3. The Bertz CT molecular complexity index is 903. The van der Waals surface area contributed by atoms with Gasteiger partial charge in [0.2, 0.25) is 5.89 Å². The first-order valence-corrected chi connectivity index (χ1v) is 8.13. The van der Waals surface area contributed by atoms with E-state index in [2.05, 4.69) is 10.3 Å². The van der Waals surface area contributed by atoms with E-state index in [1.54, 1.807) is 18.3 Å². The highest BCUT2D eigenvalue weighted by atomic mass is 16.5. The third-order valence-electron chi connectivity index (χ3n) is 3.75. The summed E-state index contributed by atoms with van der Waals surface area (Å²) in [5, 5.41) is 2.54. The lowest BCUT2D eigenvalue weighted by atomic mass is 10.1. The molecule has 132 valence electrons. The molecule has 0 unspecified atom stereocenters. The summed E-state index contributed by atoms with van der Waals surface area (Å²) in [7, 11) is 0. The van der Waals surface area contributed by atoms with E-state index in [4.69, 9.17) is 9.15 Å². The minimum absolute atomic E-state index is 0.0914. The molecule has 0 aliphatic carbocycles. The van der Waals surface area contributed by atoms with Crippen LogP contribution in [0.4, 0.5) is 0 Å². The number of carbonyl (C=O) groups excluding carboxylic acids is 2. The van der Waals surface area contributed by atoms with E-state index in [0.29, 0.717) is 17.2 Å². The number of aryl methyl sites for hydroxylation is 1. The number of nitrogens with one attached hydrogen (secondary N) is 1. The van der Waals surface area contributed by atoms with Gasteiger partial charge in [0.1, 0.15) is 6.54 Å². The Kier molecular flexibility index (Phi) is 5.43. The molecule has 1 aromatic heterocycles. The van der Waals surface area contributed by atoms with Crippen LogP contribution < -0.4 is 5.32 Å². The fourth-order valence-electron chi connectivity index (χ4n) is 2.38. The fourth-order valence-corrected chi connectivity index (χ4v) is 2.38. The highest BCUT2D eigenvalue weighted by molar-refractivity contribution is 5.97. The lowest BCUT2D eigenvalue weighted by Crippen LogP contribution is -2.31. The van der Waals surface area contributed by atoms with Gasteiger partial charge < -0.3 is 14.5 Å². The maximum absolute atomic E-state index is 12.1. The van der Waals surface area contributed by atoms with Crippen molar-refractivity contribution in [2.24, 2.45) is 0 Å². The van der Waals surface area contributed by atoms with Crippen LogP contribution in [0.5, 0.6) is 0 Å². The van der Waals surface area contributed by atoms with Crippen LogP contribution in [0.1, 0.15) is 21.8 Å². The van der Waals surface area contributed by atoms with E-state index in [0.717, 1.165) is 11.1 Å². The van der Waals surface area contributed by atoms with E-state index >= 15 is 0 Å². The van der Waals surface area contributed by atoms with Crippen molar-refractivity contribution < 1.29 is 18.7 Å². The normalized spacial score (nSPS) is 10.3. The maximum Gasteiger partial charge on any atom is 0.325 e. The lowest BCUT2D eigenvalue weighted by molar-refractivity contribution is -0.144. The summed E-state index contributed by atoms with van der Waals surface area (Å²) < 4.78 is 10.6. The summed E-state index contributed by atoms with van der Waals surface area (Å²) in [4.78, 5) is 27.9. The van der Waals surface area contributed by atoms with Crippen LogP contribution in [-0.2, 0) is 16.1 Å². The Labute approximate surface area is 150 Å². The number of benzene rings is 2. The second-order valence-electron chi connectivity index (χ2n) is 5.64. The number of esters is 1. The second-order valence-corrected chi connectivity index (χ2v) is 5.64. The van der Waals surface area contributed by atoms with Crippen molar-refractivity contribution in [1.82, 2.24) is 10.3 Å². The summed E-state index contributed by atoms with van der Waals surface area (Å²) in [5.41, 5.74) is 2.26. The Hall–Kier alpha value is -3.41. The molecule has 0 bridgehead atoms. The minimum atomic E-state index is -0.564. The summed E-state index contributed by atoms with van der Waals surface area (Å²) >= 11 is 0. The van der Waals surface area contributed by atoms with Crippen molar-refractivity contribution in [1.29, 1.82) is 0 Å². The van der Waals surface area contributed by atoms with Gasteiger partial charge in [0, 0.05) is 11.1 Å². The molecule has 0 spiro atoms. The Morgan fingerprint density at radius 2 is 1.81 bits per heavy atom. The third kappa shape index (κ3) is 4.36. The molecule has 3 aromatic rings. The van der Waals surface area contributed by atoms with Gasteiger partial charge in [-0.25, -0.2) is 4.98 Å². The molecule has 0 aliphatic heterocycles. The minimum Gasteiger partial charge on any atom is -0.454 e. The summed E-state index contributed by atoms with van der Waals surface area (Å²) in [6, 6.07) is 16.7. The van der Waals surface area contributed by atoms with Gasteiger partial charge in [-0.15, -0.1) is 0 Å². The van der Waals surface area contributed by atoms with Crippen molar-refractivity contribution in [2.75, 3.05) is 6.54 Å². The molecule has 6 nitrogen and oxygen atoms in total. The Morgan fingerprint density at radius 3 is 2.58 bits per heavy atom. The predicted molar refractivity (Wildman–Crippen MR) is 95.2 cm³/mol. The third-order valence-corrected chi connectivity index (χ3v) is 3.75.